The van der Waals surface area contributed by atoms with Gasteiger partial charge in [0.15, 0.2) is 6.04 Å². The molecule has 0 heterocycles. The second-order valence-electron chi connectivity index (χ2n) is 14.2. The minimum absolute atomic E-state index is 0.146. The Morgan fingerprint density at radius 1 is 0.604 bits per heavy atom. The first-order valence-electron chi connectivity index (χ1n) is 20.9. The summed E-state index contributed by atoms with van der Waals surface area (Å²) in [7, 11) is -4.74. The number of aliphatic carboxylic acids is 1. The average Bonchev–Trinajstić information content (AvgIpc) is 3.13. The number of ether oxygens (including phenoxy) is 1. The van der Waals surface area contributed by atoms with E-state index in [1.165, 1.54) is 96.3 Å². The van der Waals surface area contributed by atoms with Gasteiger partial charge in [0.1, 0.15) is 12.7 Å². The summed E-state index contributed by atoms with van der Waals surface area (Å²) in [6, 6.07) is -1.54. The van der Waals surface area contributed by atoms with Gasteiger partial charge in [0.05, 0.1) is 13.2 Å². The number of carboxylic acids is 1. The second kappa shape index (κ2) is 36.9. The molecule has 4 N–H and O–H groups in total. The molecule has 0 bridgehead atoms. The number of unbranched alkanes of at least 4 members (excludes halogenated alkanes) is 21. The summed E-state index contributed by atoms with van der Waals surface area (Å²) in [5.74, 6) is -2.38. The van der Waals surface area contributed by atoms with Crippen LogP contribution in [-0.4, -0.2) is 64.9 Å². The quantitative estimate of drug-likeness (QED) is 0.0204. The molecule has 1 amide bonds. The minimum atomic E-state index is -4.74. The lowest BCUT2D eigenvalue weighted by Crippen LogP contribution is -2.43. The van der Waals surface area contributed by atoms with Gasteiger partial charge < -0.3 is 25.2 Å². The lowest BCUT2D eigenvalue weighted by molar-refractivity contribution is -0.147. The van der Waals surface area contributed by atoms with Gasteiger partial charge in [0.25, 0.3) is 0 Å². The van der Waals surface area contributed by atoms with Crippen LogP contribution in [0, 0.1) is 0 Å². The number of allylic oxidation sites excluding steroid dienone is 4. The predicted octanol–water partition coefficient (Wildman–Crippen LogP) is 10.3. The van der Waals surface area contributed by atoms with Gasteiger partial charge >= 0.3 is 19.8 Å². The molecule has 3 atom stereocenters. The number of aliphatic hydroxyl groups is 1. The normalized spacial score (nSPS) is 14.0. The van der Waals surface area contributed by atoms with E-state index in [1.54, 1.807) is 0 Å². The van der Waals surface area contributed by atoms with Gasteiger partial charge in [0, 0.05) is 12.8 Å². The van der Waals surface area contributed by atoms with Gasteiger partial charge in [0.2, 0.25) is 5.91 Å². The number of carbonyl (C=O) groups excluding carboxylic acids is 2. The first kappa shape index (κ1) is 51.0. The molecule has 0 aliphatic carbocycles. The van der Waals surface area contributed by atoms with Gasteiger partial charge in [-0.25, -0.2) is 9.36 Å². The van der Waals surface area contributed by atoms with E-state index in [9.17, 15) is 34.1 Å². The molecular formula is C41H76NO10P. The average molecular weight is 774 g/mol. The fourth-order valence-corrected chi connectivity index (χ4v) is 6.47. The zero-order valence-electron chi connectivity index (χ0n) is 33.3. The highest BCUT2D eigenvalue weighted by atomic mass is 31.2. The van der Waals surface area contributed by atoms with Crippen LogP contribution in [0.3, 0.4) is 0 Å². The molecule has 0 saturated carbocycles. The molecule has 0 aliphatic rings. The number of rotatable bonds is 39. The van der Waals surface area contributed by atoms with Gasteiger partial charge in [-0.3, -0.25) is 18.6 Å². The van der Waals surface area contributed by atoms with E-state index in [4.69, 9.17) is 13.8 Å². The predicted molar refractivity (Wildman–Crippen MR) is 213 cm³/mol. The van der Waals surface area contributed by atoms with Crippen molar-refractivity contribution >= 4 is 25.7 Å². The Hall–Kier alpha value is -2.04. The Labute approximate surface area is 321 Å². The van der Waals surface area contributed by atoms with Crippen LogP contribution in [0.4, 0.5) is 0 Å². The van der Waals surface area contributed by atoms with Crippen LogP contribution >= 0.6 is 7.82 Å². The molecule has 0 aliphatic heterocycles. The first-order chi connectivity index (χ1) is 25.6. The molecule has 11 nitrogen and oxygen atoms in total. The third kappa shape index (κ3) is 36.7. The largest absolute Gasteiger partial charge is 0.480 e. The lowest BCUT2D eigenvalue weighted by Gasteiger charge is -2.18. The molecule has 12 heteroatoms. The van der Waals surface area contributed by atoms with E-state index in [2.05, 4.69) is 43.5 Å². The maximum absolute atomic E-state index is 12.3. The molecule has 0 rings (SSSR count). The fourth-order valence-electron chi connectivity index (χ4n) is 5.70. The van der Waals surface area contributed by atoms with Gasteiger partial charge in [-0.1, -0.05) is 154 Å². The molecule has 53 heavy (non-hydrogen) atoms. The molecule has 0 radical (unpaired) electrons. The number of phosphoric acid groups is 1. The topological polar surface area (TPSA) is 169 Å². The van der Waals surface area contributed by atoms with E-state index in [0.717, 1.165) is 51.4 Å². The third-order valence-corrected chi connectivity index (χ3v) is 9.94. The Morgan fingerprint density at radius 2 is 1.04 bits per heavy atom. The summed E-state index contributed by atoms with van der Waals surface area (Å²) in [6.45, 7) is 2.48. The van der Waals surface area contributed by atoms with Crippen LogP contribution in [0.2, 0.25) is 0 Å². The SMILES string of the molecule is CCCCC/C=C\C/C=C\CCCCCCCCCCCCCCCC(=O)NC(COP(=O)(O)OCC(O)COC(=O)CCCCCCCC)C(=O)O. The van der Waals surface area contributed by atoms with Gasteiger partial charge in [-0.15, -0.1) is 0 Å². The van der Waals surface area contributed by atoms with E-state index >= 15 is 0 Å². The zero-order chi connectivity index (χ0) is 39.3. The monoisotopic (exact) mass is 774 g/mol. The molecule has 310 valence electrons. The summed E-state index contributed by atoms with van der Waals surface area (Å²) < 4.78 is 26.6. The van der Waals surface area contributed by atoms with E-state index in [0.29, 0.717) is 12.8 Å². The van der Waals surface area contributed by atoms with E-state index < -0.39 is 57.6 Å². The van der Waals surface area contributed by atoms with Gasteiger partial charge in [-0.2, -0.15) is 0 Å². The van der Waals surface area contributed by atoms with Crippen LogP contribution < -0.4 is 5.32 Å². The number of hydrogen-bond acceptors (Lipinski definition) is 8. The summed E-state index contributed by atoms with van der Waals surface area (Å²) in [5, 5.41) is 21.7. The number of esters is 1. The fraction of sp³-hybridized carbons (Fsp3) is 0.829. The van der Waals surface area contributed by atoms with Crippen LogP contribution in [0.15, 0.2) is 24.3 Å². The molecule has 0 aromatic carbocycles. The molecule has 0 fully saturated rings. The molecular weight excluding hydrogens is 697 g/mol. The standard InChI is InChI=1S/C41H76NO10P/c1-3-5-7-9-11-12-13-14-15-16-17-18-19-20-21-22-23-24-25-26-27-28-30-32-39(44)42-38(41(46)47)36-52-53(48,49)51-35-37(43)34-50-40(45)33-31-29-10-8-6-4-2/h11-12,14-15,37-38,43H,3-10,13,16-36H2,1-2H3,(H,42,44)(H,46,47)(H,48,49)/b12-11-,15-14-. The number of nitrogens with one attached hydrogen (secondary N) is 1. The Bertz CT molecular complexity index is 1010. The van der Waals surface area contributed by atoms with Crippen molar-refractivity contribution < 1.29 is 47.8 Å². The zero-order valence-corrected chi connectivity index (χ0v) is 34.2. The highest BCUT2D eigenvalue weighted by Crippen LogP contribution is 2.43. The van der Waals surface area contributed by atoms with Crippen LogP contribution in [-0.2, 0) is 32.7 Å². The van der Waals surface area contributed by atoms with Gasteiger partial charge in [-0.05, 0) is 44.9 Å². The highest BCUT2D eigenvalue weighted by molar-refractivity contribution is 7.47. The molecule has 0 aromatic rings. The first-order valence-corrected chi connectivity index (χ1v) is 22.4. The molecule has 3 unspecified atom stereocenters. The van der Waals surface area contributed by atoms with Crippen LogP contribution in [0.25, 0.3) is 0 Å². The molecule has 0 aromatic heterocycles. The summed E-state index contributed by atoms with van der Waals surface area (Å²) in [4.78, 5) is 45.6. The Morgan fingerprint density at radius 3 is 1.57 bits per heavy atom. The maximum atomic E-state index is 12.3. The van der Waals surface area contributed by atoms with Crippen molar-refractivity contribution in [3.8, 4) is 0 Å². The number of hydrogen-bond donors (Lipinski definition) is 4. The van der Waals surface area contributed by atoms with Crippen molar-refractivity contribution in [3.63, 3.8) is 0 Å². The molecule has 0 saturated heterocycles. The summed E-state index contributed by atoms with van der Waals surface area (Å²) in [5.41, 5.74) is 0. The number of amides is 1. The number of phosphoric ester groups is 1. The minimum Gasteiger partial charge on any atom is -0.480 e. The number of aliphatic hydroxyl groups excluding tert-OH is 1. The smallest absolute Gasteiger partial charge is 0.472 e. The highest BCUT2D eigenvalue weighted by Gasteiger charge is 2.28. The van der Waals surface area contributed by atoms with Crippen molar-refractivity contribution in [3.05, 3.63) is 24.3 Å². The Kier molecular flexibility index (Phi) is 35.5. The van der Waals surface area contributed by atoms with Crippen molar-refractivity contribution in [2.75, 3.05) is 19.8 Å². The number of carboxylic acid groups (broad SMARTS) is 1. The third-order valence-electron chi connectivity index (χ3n) is 8.99. The maximum Gasteiger partial charge on any atom is 0.472 e. The van der Waals surface area contributed by atoms with Crippen molar-refractivity contribution in [2.45, 2.75) is 199 Å². The van der Waals surface area contributed by atoms with E-state index in [-0.39, 0.29) is 12.8 Å². The van der Waals surface area contributed by atoms with E-state index in [1.807, 2.05) is 0 Å². The van der Waals surface area contributed by atoms with Crippen molar-refractivity contribution in [1.82, 2.24) is 5.32 Å². The number of carbonyl (C=O) groups is 3. The lowest BCUT2D eigenvalue weighted by atomic mass is 10.0. The van der Waals surface area contributed by atoms with Crippen molar-refractivity contribution in [2.24, 2.45) is 0 Å². The Balaban J connectivity index is 3.83. The van der Waals surface area contributed by atoms with Crippen LogP contribution in [0.1, 0.15) is 187 Å². The van der Waals surface area contributed by atoms with Crippen molar-refractivity contribution in [1.29, 1.82) is 0 Å². The molecule has 0 spiro atoms. The van der Waals surface area contributed by atoms with Crippen LogP contribution in [0.5, 0.6) is 0 Å². The summed E-state index contributed by atoms with van der Waals surface area (Å²) >= 11 is 0. The second-order valence-corrected chi connectivity index (χ2v) is 15.6. The summed E-state index contributed by atoms with van der Waals surface area (Å²) in [6.07, 6.45) is 36.8.